The van der Waals surface area contributed by atoms with Crippen LogP contribution in [-0.2, 0) is 0 Å². The van der Waals surface area contributed by atoms with Gasteiger partial charge in [-0.3, -0.25) is 0 Å². The van der Waals surface area contributed by atoms with Crippen molar-refractivity contribution in [2.45, 2.75) is 38.8 Å². The maximum Gasteiger partial charge on any atom is 0.150 e. The van der Waals surface area contributed by atoms with Gasteiger partial charge in [-0.05, 0) is 18.8 Å². The molecule has 0 radical (unpaired) electrons. The zero-order valence-corrected chi connectivity index (χ0v) is 8.14. The summed E-state index contributed by atoms with van der Waals surface area (Å²) in [5.74, 6) is 1.36. The molecule has 2 rings (SSSR count). The third-order valence-electron chi connectivity index (χ3n) is 2.56. The summed E-state index contributed by atoms with van der Waals surface area (Å²) in [6.45, 7) is 4.22. The molecule has 1 aromatic heterocycles. The fraction of sp³-hybridized carbons (Fsp3) is 0.778. The maximum absolute atomic E-state index is 6.03. The van der Waals surface area contributed by atoms with Gasteiger partial charge in [0.15, 0.2) is 0 Å². The lowest BCUT2D eigenvalue weighted by molar-refractivity contribution is 0.466. The molecule has 1 fully saturated rings. The number of nitrogens with two attached hydrogens (primary N) is 1. The van der Waals surface area contributed by atoms with E-state index in [4.69, 9.17) is 5.73 Å². The van der Waals surface area contributed by atoms with Gasteiger partial charge in [0.1, 0.15) is 12.2 Å². The van der Waals surface area contributed by atoms with E-state index >= 15 is 0 Å². The van der Waals surface area contributed by atoms with Crippen molar-refractivity contribution in [1.29, 1.82) is 0 Å². The highest BCUT2D eigenvalue weighted by molar-refractivity contribution is 5.00. The third kappa shape index (κ3) is 1.58. The van der Waals surface area contributed by atoms with Crippen molar-refractivity contribution in [2.24, 2.45) is 11.7 Å². The van der Waals surface area contributed by atoms with E-state index in [-0.39, 0.29) is 6.04 Å². The van der Waals surface area contributed by atoms with E-state index in [9.17, 15) is 0 Å². The predicted octanol–water partition coefficient (Wildman–Crippen LogP) is 1.27. The SMILES string of the molecule is CC(C)[C@@H](N)c1nncn1C1CC1. The molecule has 0 amide bonds. The molecule has 1 heterocycles. The molecule has 0 spiro atoms. The monoisotopic (exact) mass is 180 g/mol. The molecule has 4 nitrogen and oxygen atoms in total. The van der Waals surface area contributed by atoms with E-state index in [1.807, 2.05) is 0 Å². The lowest BCUT2D eigenvalue weighted by Crippen LogP contribution is -2.21. The van der Waals surface area contributed by atoms with E-state index in [1.165, 1.54) is 12.8 Å². The molecule has 1 saturated carbocycles. The summed E-state index contributed by atoms with van der Waals surface area (Å²) in [7, 11) is 0. The van der Waals surface area contributed by atoms with Gasteiger partial charge in [-0.2, -0.15) is 0 Å². The van der Waals surface area contributed by atoms with Gasteiger partial charge in [-0.1, -0.05) is 13.8 Å². The average molecular weight is 180 g/mol. The van der Waals surface area contributed by atoms with Crippen LogP contribution in [0.15, 0.2) is 6.33 Å². The van der Waals surface area contributed by atoms with Crippen molar-refractivity contribution < 1.29 is 0 Å². The Balaban J connectivity index is 2.22. The zero-order valence-electron chi connectivity index (χ0n) is 8.14. The third-order valence-corrected chi connectivity index (χ3v) is 2.56. The summed E-state index contributed by atoms with van der Waals surface area (Å²) in [5, 5.41) is 8.01. The van der Waals surface area contributed by atoms with Gasteiger partial charge in [0.25, 0.3) is 0 Å². The van der Waals surface area contributed by atoms with E-state index in [2.05, 4.69) is 28.6 Å². The highest BCUT2D eigenvalue weighted by atomic mass is 15.3. The Morgan fingerprint density at radius 1 is 1.54 bits per heavy atom. The highest BCUT2D eigenvalue weighted by Gasteiger charge is 2.28. The van der Waals surface area contributed by atoms with Crippen molar-refractivity contribution in [3.8, 4) is 0 Å². The lowest BCUT2D eigenvalue weighted by atomic mass is 10.1. The molecule has 1 aromatic rings. The first kappa shape index (κ1) is 8.69. The number of hydrogen-bond acceptors (Lipinski definition) is 3. The number of rotatable bonds is 3. The maximum atomic E-state index is 6.03. The zero-order chi connectivity index (χ0) is 9.42. The first-order valence-electron chi connectivity index (χ1n) is 4.85. The van der Waals surface area contributed by atoms with Crippen LogP contribution in [0.5, 0.6) is 0 Å². The summed E-state index contributed by atoms with van der Waals surface area (Å²) >= 11 is 0. The second-order valence-electron chi connectivity index (χ2n) is 4.10. The van der Waals surface area contributed by atoms with Crippen LogP contribution in [0, 0.1) is 5.92 Å². The highest BCUT2D eigenvalue weighted by Crippen LogP contribution is 2.36. The molecule has 0 aliphatic heterocycles. The van der Waals surface area contributed by atoms with Gasteiger partial charge in [0.05, 0.1) is 6.04 Å². The van der Waals surface area contributed by atoms with Crippen molar-refractivity contribution in [2.75, 3.05) is 0 Å². The fourth-order valence-electron chi connectivity index (χ4n) is 1.42. The second-order valence-corrected chi connectivity index (χ2v) is 4.10. The summed E-state index contributed by atoms with van der Waals surface area (Å²) in [6, 6.07) is 0.637. The molecule has 2 N–H and O–H groups in total. The lowest BCUT2D eigenvalue weighted by Gasteiger charge is -2.15. The smallest absolute Gasteiger partial charge is 0.150 e. The van der Waals surface area contributed by atoms with E-state index in [1.54, 1.807) is 6.33 Å². The molecule has 0 bridgehead atoms. The van der Waals surface area contributed by atoms with Crippen LogP contribution in [0.4, 0.5) is 0 Å². The second kappa shape index (κ2) is 3.10. The molecule has 13 heavy (non-hydrogen) atoms. The first-order chi connectivity index (χ1) is 6.20. The molecule has 1 atom stereocenters. The number of aromatic nitrogens is 3. The first-order valence-corrected chi connectivity index (χ1v) is 4.85. The Morgan fingerprint density at radius 2 is 2.23 bits per heavy atom. The topological polar surface area (TPSA) is 56.7 Å². The summed E-state index contributed by atoms with van der Waals surface area (Å²) < 4.78 is 2.13. The Kier molecular flexibility index (Phi) is 2.07. The van der Waals surface area contributed by atoms with Crippen molar-refractivity contribution >= 4 is 0 Å². The van der Waals surface area contributed by atoms with Crippen LogP contribution in [0.2, 0.25) is 0 Å². The van der Waals surface area contributed by atoms with Crippen LogP contribution in [-0.4, -0.2) is 14.8 Å². The molecule has 4 heteroatoms. The predicted molar refractivity (Wildman–Crippen MR) is 50.1 cm³/mol. The molecular weight excluding hydrogens is 164 g/mol. The normalized spacial score (nSPS) is 19.4. The van der Waals surface area contributed by atoms with Crippen LogP contribution < -0.4 is 5.73 Å². The van der Waals surface area contributed by atoms with Crippen molar-refractivity contribution in [1.82, 2.24) is 14.8 Å². The minimum Gasteiger partial charge on any atom is -0.321 e. The van der Waals surface area contributed by atoms with Gasteiger partial charge >= 0.3 is 0 Å². The summed E-state index contributed by atoms with van der Waals surface area (Å²) in [4.78, 5) is 0. The molecule has 0 saturated heterocycles. The minimum atomic E-state index is 0.0168. The Bertz CT molecular complexity index is 288. The van der Waals surface area contributed by atoms with Gasteiger partial charge in [-0.15, -0.1) is 10.2 Å². The standard InChI is InChI=1S/C9H16N4/c1-6(2)8(10)9-12-11-5-13(9)7-3-4-7/h5-8H,3-4,10H2,1-2H3/t8-/m1/s1. The largest absolute Gasteiger partial charge is 0.321 e. The molecule has 72 valence electrons. The number of hydrogen-bond donors (Lipinski definition) is 1. The fourth-order valence-corrected chi connectivity index (χ4v) is 1.42. The Labute approximate surface area is 78.1 Å². The Hall–Kier alpha value is -0.900. The van der Waals surface area contributed by atoms with Gasteiger partial charge in [0, 0.05) is 6.04 Å². The minimum absolute atomic E-state index is 0.0168. The van der Waals surface area contributed by atoms with Gasteiger partial charge in [0.2, 0.25) is 0 Å². The molecule has 1 aliphatic carbocycles. The van der Waals surface area contributed by atoms with Crippen LogP contribution in [0.25, 0.3) is 0 Å². The van der Waals surface area contributed by atoms with Gasteiger partial charge < -0.3 is 10.3 Å². The molecule has 0 unspecified atom stereocenters. The molecule has 0 aromatic carbocycles. The summed E-state index contributed by atoms with van der Waals surface area (Å²) in [5.41, 5.74) is 6.03. The van der Waals surface area contributed by atoms with Crippen molar-refractivity contribution in [3.05, 3.63) is 12.2 Å². The molecule has 1 aliphatic rings. The van der Waals surface area contributed by atoms with Gasteiger partial charge in [-0.25, -0.2) is 0 Å². The Morgan fingerprint density at radius 3 is 2.77 bits per heavy atom. The van der Waals surface area contributed by atoms with Crippen LogP contribution in [0.3, 0.4) is 0 Å². The average Bonchev–Trinajstić information content (AvgIpc) is 2.83. The number of nitrogens with zero attached hydrogens (tertiary/aromatic N) is 3. The summed E-state index contributed by atoms with van der Waals surface area (Å²) in [6.07, 6.45) is 4.29. The quantitative estimate of drug-likeness (QED) is 0.762. The van der Waals surface area contributed by atoms with Crippen molar-refractivity contribution in [3.63, 3.8) is 0 Å². The van der Waals surface area contributed by atoms with E-state index in [0.717, 1.165) is 5.82 Å². The van der Waals surface area contributed by atoms with E-state index in [0.29, 0.717) is 12.0 Å². The van der Waals surface area contributed by atoms with E-state index < -0.39 is 0 Å². The van der Waals surface area contributed by atoms with Crippen LogP contribution >= 0.6 is 0 Å². The van der Waals surface area contributed by atoms with Crippen LogP contribution in [0.1, 0.15) is 44.6 Å². The molecular formula is C9H16N4.